The molecule has 0 saturated heterocycles. The number of ketones is 1. The zero-order valence-electron chi connectivity index (χ0n) is 10.8. The first-order valence-electron chi connectivity index (χ1n) is 6.53. The number of pyridine rings is 1. The zero-order chi connectivity index (χ0) is 13.4. The second kappa shape index (κ2) is 4.50. The van der Waals surface area contributed by atoms with Crippen LogP contribution in [0.25, 0.3) is 11.1 Å². The summed E-state index contributed by atoms with van der Waals surface area (Å²) in [6.07, 6.45) is 2.85. The van der Waals surface area contributed by atoms with Crippen LogP contribution in [0.5, 0.6) is 0 Å². The summed E-state index contributed by atoms with van der Waals surface area (Å²) in [5, 5.41) is 0. The van der Waals surface area contributed by atoms with Gasteiger partial charge in [0.2, 0.25) is 0 Å². The van der Waals surface area contributed by atoms with Gasteiger partial charge in [-0.15, -0.1) is 0 Å². The molecule has 0 amide bonds. The van der Waals surface area contributed by atoms with Crippen LogP contribution in [0.15, 0.2) is 35.1 Å². The van der Waals surface area contributed by atoms with Crippen LogP contribution in [0.4, 0.5) is 0 Å². The highest BCUT2D eigenvalue weighted by Gasteiger charge is 2.23. The van der Waals surface area contributed by atoms with Crippen LogP contribution in [-0.2, 0) is 12.8 Å². The maximum absolute atomic E-state index is 12.1. The number of aryl methyl sites for hydroxylation is 1. The Kier molecular flexibility index (Phi) is 2.82. The van der Waals surface area contributed by atoms with Gasteiger partial charge in [-0.25, -0.2) is 0 Å². The van der Waals surface area contributed by atoms with Crippen molar-refractivity contribution in [3.63, 3.8) is 0 Å². The standard InChI is InChI=1S/C16H15NO2/c1-10(18)14-15(11-6-3-2-4-7-11)12-8-5-9-13(12)17-16(14)19/h2-4,6-7H,5,8-9H2,1H3,(H,17,19). The number of fused-ring (bicyclic) bond motifs is 1. The Bertz CT molecular complexity index is 699. The van der Waals surface area contributed by atoms with Crippen molar-refractivity contribution in [1.29, 1.82) is 0 Å². The quantitative estimate of drug-likeness (QED) is 0.837. The summed E-state index contributed by atoms with van der Waals surface area (Å²) in [6, 6.07) is 9.72. The molecule has 0 atom stereocenters. The summed E-state index contributed by atoms with van der Waals surface area (Å²) < 4.78 is 0. The van der Waals surface area contributed by atoms with Crippen LogP contribution in [-0.4, -0.2) is 10.8 Å². The lowest BCUT2D eigenvalue weighted by molar-refractivity contribution is 0.101. The number of benzene rings is 1. The van der Waals surface area contributed by atoms with Crippen LogP contribution in [0.1, 0.15) is 35.0 Å². The Morgan fingerprint density at radius 2 is 1.89 bits per heavy atom. The summed E-state index contributed by atoms with van der Waals surface area (Å²) in [5.41, 5.74) is 3.96. The third kappa shape index (κ3) is 1.91. The molecule has 2 aromatic rings. The lowest BCUT2D eigenvalue weighted by Crippen LogP contribution is -2.20. The molecule has 0 fully saturated rings. The number of rotatable bonds is 2. The van der Waals surface area contributed by atoms with Gasteiger partial charge in [-0.2, -0.15) is 0 Å². The van der Waals surface area contributed by atoms with E-state index in [9.17, 15) is 9.59 Å². The van der Waals surface area contributed by atoms with Gasteiger partial charge in [-0.05, 0) is 37.3 Å². The van der Waals surface area contributed by atoms with E-state index < -0.39 is 0 Å². The topological polar surface area (TPSA) is 49.9 Å². The maximum atomic E-state index is 12.1. The van der Waals surface area contributed by atoms with Gasteiger partial charge in [0.1, 0.15) is 0 Å². The second-order valence-corrected chi connectivity index (χ2v) is 4.94. The normalized spacial score (nSPS) is 13.3. The number of nitrogens with one attached hydrogen (secondary N) is 1. The summed E-state index contributed by atoms with van der Waals surface area (Å²) in [5.74, 6) is -0.171. The molecule has 0 unspecified atom stereocenters. The van der Waals surface area contributed by atoms with Gasteiger partial charge in [0.25, 0.3) is 5.56 Å². The van der Waals surface area contributed by atoms with E-state index in [4.69, 9.17) is 0 Å². The number of H-pyrrole nitrogens is 1. The molecule has 0 aliphatic heterocycles. The smallest absolute Gasteiger partial charge is 0.259 e. The number of hydrogen-bond acceptors (Lipinski definition) is 2. The van der Waals surface area contributed by atoms with E-state index in [1.165, 1.54) is 6.92 Å². The lowest BCUT2D eigenvalue weighted by Gasteiger charge is -2.12. The number of aromatic nitrogens is 1. The first-order valence-corrected chi connectivity index (χ1v) is 6.53. The third-order valence-corrected chi connectivity index (χ3v) is 3.68. The molecule has 3 nitrogen and oxygen atoms in total. The van der Waals surface area contributed by atoms with Crippen molar-refractivity contribution >= 4 is 5.78 Å². The van der Waals surface area contributed by atoms with Crippen molar-refractivity contribution in [3.8, 4) is 11.1 Å². The van der Waals surface area contributed by atoms with Crippen LogP contribution < -0.4 is 5.56 Å². The highest BCUT2D eigenvalue weighted by Crippen LogP contribution is 2.32. The Labute approximate surface area is 111 Å². The first-order chi connectivity index (χ1) is 9.18. The molecule has 1 heterocycles. The molecule has 1 aromatic heterocycles. The fourth-order valence-electron chi connectivity index (χ4n) is 2.88. The molecule has 0 spiro atoms. The molecule has 0 saturated carbocycles. The average molecular weight is 253 g/mol. The molecule has 3 heteroatoms. The Morgan fingerprint density at radius 3 is 2.58 bits per heavy atom. The highest BCUT2D eigenvalue weighted by molar-refractivity contribution is 6.01. The molecule has 1 N–H and O–H groups in total. The van der Waals surface area contributed by atoms with Crippen LogP contribution in [0.2, 0.25) is 0 Å². The minimum atomic E-state index is -0.257. The minimum Gasteiger partial charge on any atom is -0.325 e. The van der Waals surface area contributed by atoms with Crippen molar-refractivity contribution < 1.29 is 4.79 Å². The third-order valence-electron chi connectivity index (χ3n) is 3.68. The van der Waals surface area contributed by atoms with Gasteiger partial charge in [-0.1, -0.05) is 30.3 Å². The van der Waals surface area contributed by atoms with Crippen LogP contribution in [0.3, 0.4) is 0 Å². The molecule has 1 aliphatic carbocycles. The van der Waals surface area contributed by atoms with Gasteiger partial charge in [0, 0.05) is 11.3 Å². The van der Waals surface area contributed by atoms with Crippen molar-refractivity contribution in [2.24, 2.45) is 0 Å². The fraction of sp³-hybridized carbons (Fsp3) is 0.250. The molecule has 3 rings (SSSR count). The molecule has 0 radical (unpaired) electrons. The van der Waals surface area contributed by atoms with Crippen molar-refractivity contribution in [1.82, 2.24) is 4.98 Å². The molecule has 1 aliphatic rings. The van der Waals surface area contributed by atoms with Crippen molar-refractivity contribution in [2.45, 2.75) is 26.2 Å². The SMILES string of the molecule is CC(=O)c1c(-c2ccccc2)c2c([nH]c1=O)CCC2. The molecule has 19 heavy (non-hydrogen) atoms. The average Bonchev–Trinajstić information content (AvgIpc) is 2.85. The van der Waals surface area contributed by atoms with Gasteiger partial charge < -0.3 is 4.98 Å². The number of aromatic amines is 1. The molecular weight excluding hydrogens is 238 g/mol. The van der Waals surface area contributed by atoms with Crippen LogP contribution in [0, 0.1) is 0 Å². The van der Waals surface area contributed by atoms with Crippen LogP contribution >= 0.6 is 0 Å². The van der Waals surface area contributed by atoms with Gasteiger partial charge in [0.05, 0.1) is 5.56 Å². The Morgan fingerprint density at radius 1 is 1.16 bits per heavy atom. The predicted molar refractivity (Wildman–Crippen MR) is 74.5 cm³/mol. The van der Waals surface area contributed by atoms with E-state index >= 15 is 0 Å². The van der Waals surface area contributed by atoms with Gasteiger partial charge in [0.15, 0.2) is 5.78 Å². The highest BCUT2D eigenvalue weighted by atomic mass is 16.1. The minimum absolute atomic E-state index is 0.171. The molecule has 96 valence electrons. The number of hydrogen-bond donors (Lipinski definition) is 1. The number of carbonyl (C=O) groups excluding carboxylic acids is 1. The first kappa shape index (κ1) is 11.9. The zero-order valence-corrected chi connectivity index (χ0v) is 10.8. The summed E-state index contributed by atoms with van der Waals surface area (Å²) in [4.78, 5) is 26.8. The molecular formula is C16H15NO2. The van der Waals surface area contributed by atoms with E-state index in [0.717, 1.165) is 41.6 Å². The maximum Gasteiger partial charge on any atom is 0.259 e. The van der Waals surface area contributed by atoms with Gasteiger partial charge >= 0.3 is 0 Å². The molecule has 0 bridgehead atoms. The van der Waals surface area contributed by atoms with E-state index in [0.29, 0.717) is 5.56 Å². The predicted octanol–water partition coefficient (Wildman–Crippen LogP) is 2.73. The Balaban J connectivity index is 2.39. The van der Waals surface area contributed by atoms with E-state index in [1.54, 1.807) is 0 Å². The van der Waals surface area contributed by atoms with E-state index in [2.05, 4.69) is 4.98 Å². The van der Waals surface area contributed by atoms with E-state index in [-0.39, 0.29) is 11.3 Å². The largest absolute Gasteiger partial charge is 0.325 e. The summed E-state index contributed by atoms with van der Waals surface area (Å²) in [7, 11) is 0. The molecule has 1 aromatic carbocycles. The Hall–Kier alpha value is -2.16. The lowest BCUT2D eigenvalue weighted by atomic mass is 9.93. The monoisotopic (exact) mass is 253 g/mol. The number of Topliss-reactive ketones (excluding diaryl/α,β-unsaturated/α-hetero) is 1. The summed E-state index contributed by atoms with van der Waals surface area (Å²) >= 11 is 0. The van der Waals surface area contributed by atoms with E-state index in [1.807, 2.05) is 30.3 Å². The van der Waals surface area contributed by atoms with Gasteiger partial charge in [-0.3, -0.25) is 9.59 Å². The van der Waals surface area contributed by atoms with Crippen molar-refractivity contribution in [2.75, 3.05) is 0 Å². The number of carbonyl (C=O) groups is 1. The fourth-order valence-corrected chi connectivity index (χ4v) is 2.88. The second-order valence-electron chi connectivity index (χ2n) is 4.94. The summed E-state index contributed by atoms with van der Waals surface area (Å²) in [6.45, 7) is 1.46. The van der Waals surface area contributed by atoms with Crippen molar-refractivity contribution in [3.05, 3.63) is 57.5 Å².